The molecule has 134 heavy (non-hydrogen) atoms. The van der Waals surface area contributed by atoms with Gasteiger partial charge in [-0.25, -0.2) is 0 Å². The summed E-state index contributed by atoms with van der Waals surface area (Å²) in [4.78, 5) is 147. The molecular weight excluding hydrogens is 1710 g/mol. The van der Waals surface area contributed by atoms with Crippen molar-refractivity contribution in [2.24, 2.45) is 23.7 Å². The van der Waals surface area contributed by atoms with Gasteiger partial charge in [-0.3, -0.25) is 57.5 Å². The van der Waals surface area contributed by atoms with Gasteiger partial charge in [0.15, 0.2) is 0 Å². The fraction of sp³-hybridized carbons (Fsp3) is 0.455. The summed E-state index contributed by atoms with van der Waals surface area (Å²) in [5, 5.41) is 0. The molecule has 24 nitrogen and oxygen atoms in total. The Morgan fingerprint density at radius 2 is 0.373 bits per heavy atom. The third-order valence-corrected chi connectivity index (χ3v) is 21.2. The number of benzene rings is 8. The minimum absolute atomic E-state index is 0.0215. The van der Waals surface area contributed by atoms with E-state index in [2.05, 4.69) is 48.5 Å². The van der Waals surface area contributed by atoms with Gasteiger partial charge < -0.3 is 56.8 Å². The van der Waals surface area contributed by atoms with Crippen LogP contribution in [0.5, 0.6) is 0 Å². The summed E-state index contributed by atoms with van der Waals surface area (Å²) < 4.78 is 62.5. The summed E-state index contributed by atoms with van der Waals surface area (Å²) in [7, 11) is 4.98. The topological polar surface area (TPSA) is 316 Å². The second-order valence-corrected chi connectivity index (χ2v) is 35.2. The molecule has 4 aliphatic carbocycles. The van der Waals surface area contributed by atoms with Gasteiger partial charge in [0.25, 0.3) is 0 Å². The molecule has 4 aliphatic rings. The quantitative estimate of drug-likeness (QED) is 0.0298. The molecule has 4 atom stereocenters. The van der Waals surface area contributed by atoms with Crippen LogP contribution in [-0.4, -0.2) is 149 Å². The highest BCUT2D eigenvalue weighted by atomic mass is 16.6. The smallest absolute Gasteiger partial charge is 0.309 e. The second-order valence-electron chi connectivity index (χ2n) is 35.2. The Morgan fingerprint density at radius 3 is 0.545 bits per heavy atom. The first-order valence-corrected chi connectivity index (χ1v) is 46.3. The van der Waals surface area contributed by atoms with E-state index in [9.17, 15) is 57.5 Å². The van der Waals surface area contributed by atoms with E-state index in [-0.39, 0.29) is 114 Å². The SMILES string of the molecule is CC.CC.CC.CC.COC(=O)[C@@H](CC(=O)OCC1c2ccccc2-c2ccccc21)CC(=O)OC(C)(C)C.COC(=O)[C@@H](CCC(=O)OC(C)(C)C)CC(=O)OCC1c2ccccc2-c2ccccc21.COC(=O)[C@H](CC(=O)OCC1c2ccccc2-c2ccccc21)CC(=O)OC(C)(C)C.COC(=O)[C@H](CCC(=O)OC(C)(C)C)CC(=O)OCC1c2ccccc2-c2ccccc21. The molecule has 0 heterocycles. The largest absolute Gasteiger partial charge is 0.469 e. The van der Waals surface area contributed by atoms with Crippen molar-refractivity contribution in [3.8, 4) is 44.5 Å². The Hall–Kier alpha value is -12.6. The highest BCUT2D eigenvalue weighted by Crippen LogP contribution is 2.49. The van der Waals surface area contributed by atoms with Crippen LogP contribution in [0.15, 0.2) is 194 Å². The van der Waals surface area contributed by atoms with E-state index in [1.165, 1.54) is 28.4 Å². The lowest BCUT2D eigenvalue weighted by atomic mass is 9.97. The van der Waals surface area contributed by atoms with Gasteiger partial charge in [-0.2, -0.15) is 0 Å². The van der Waals surface area contributed by atoms with Crippen molar-refractivity contribution in [2.45, 2.75) is 249 Å². The molecule has 724 valence electrons. The van der Waals surface area contributed by atoms with E-state index in [1.807, 2.05) is 201 Å². The molecule has 8 aromatic rings. The highest BCUT2D eigenvalue weighted by Gasteiger charge is 2.38. The monoisotopic (exact) mass is 1840 g/mol. The predicted molar refractivity (Wildman–Crippen MR) is 516 cm³/mol. The zero-order chi connectivity index (χ0) is 99.8. The maximum Gasteiger partial charge on any atom is 0.309 e. The van der Waals surface area contributed by atoms with Crippen LogP contribution in [0.2, 0.25) is 0 Å². The number of ether oxygens (including phenoxy) is 12. The Balaban J connectivity index is 0.000000308. The van der Waals surface area contributed by atoms with Crippen molar-refractivity contribution >= 4 is 71.6 Å². The van der Waals surface area contributed by atoms with Gasteiger partial charge in [0.05, 0.1) is 90.6 Å². The van der Waals surface area contributed by atoms with E-state index < -0.39 is 118 Å². The Kier molecular flexibility index (Phi) is 45.6. The van der Waals surface area contributed by atoms with Gasteiger partial charge in [0.1, 0.15) is 48.8 Å². The zero-order valence-electron chi connectivity index (χ0n) is 82.8. The molecular formula is C110H140O24. The van der Waals surface area contributed by atoms with Crippen molar-refractivity contribution < 1.29 is 114 Å². The summed E-state index contributed by atoms with van der Waals surface area (Å²) in [6.07, 6.45) is -0.915. The van der Waals surface area contributed by atoms with Crippen molar-refractivity contribution in [1.82, 2.24) is 0 Å². The van der Waals surface area contributed by atoms with Gasteiger partial charge in [0.2, 0.25) is 0 Å². The lowest BCUT2D eigenvalue weighted by Crippen LogP contribution is -2.29. The van der Waals surface area contributed by atoms with Crippen LogP contribution in [0.4, 0.5) is 0 Å². The third-order valence-electron chi connectivity index (χ3n) is 21.2. The predicted octanol–water partition coefficient (Wildman–Crippen LogP) is 21.9. The average molecular weight is 1850 g/mol. The van der Waals surface area contributed by atoms with Crippen LogP contribution < -0.4 is 0 Å². The normalized spacial score (nSPS) is 13.0. The number of methoxy groups -OCH3 is 4. The fourth-order valence-corrected chi connectivity index (χ4v) is 15.8. The van der Waals surface area contributed by atoms with Crippen LogP contribution in [0.3, 0.4) is 0 Å². The van der Waals surface area contributed by atoms with E-state index in [1.54, 1.807) is 83.1 Å². The van der Waals surface area contributed by atoms with Gasteiger partial charge in [-0.1, -0.05) is 250 Å². The Bertz CT molecular complexity index is 4700. The van der Waals surface area contributed by atoms with Crippen LogP contribution in [0.1, 0.15) is 271 Å². The Morgan fingerprint density at radius 1 is 0.224 bits per heavy atom. The van der Waals surface area contributed by atoms with E-state index in [0.29, 0.717) is 0 Å². The number of rotatable bonds is 30. The molecule has 8 aromatic carbocycles. The minimum Gasteiger partial charge on any atom is -0.469 e. The highest BCUT2D eigenvalue weighted by molar-refractivity contribution is 5.88. The Labute approximate surface area is 792 Å². The van der Waals surface area contributed by atoms with Crippen LogP contribution in [-0.2, 0) is 114 Å². The number of carbonyl (C=O) groups excluding carboxylic acids is 12. The first-order valence-electron chi connectivity index (χ1n) is 46.3. The summed E-state index contributed by atoms with van der Waals surface area (Å²) >= 11 is 0. The first-order chi connectivity index (χ1) is 63.8. The number of esters is 12. The molecule has 0 unspecified atom stereocenters. The molecule has 0 spiro atoms. The van der Waals surface area contributed by atoms with Gasteiger partial charge >= 0.3 is 71.6 Å². The fourth-order valence-electron chi connectivity index (χ4n) is 15.8. The van der Waals surface area contributed by atoms with E-state index in [4.69, 9.17) is 56.8 Å². The minimum atomic E-state index is -0.949. The molecule has 0 fully saturated rings. The van der Waals surface area contributed by atoms with Crippen molar-refractivity contribution in [3.63, 3.8) is 0 Å². The number of hydrogen-bond acceptors (Lipinski definition) is 24. The van der Waals surface area contributed by atoms with Gasteiger partial charge in [0, 0.05) is 36.5 Å². The maximum atomic E-state index is 12.6. The molecule has 0 saturated carbocycles. The average Bonchev–Trinajstić information content (AvgIpc) is 1.63. The molecule has 0 aliphatic heterocycles. The van der Waals surface area contributed by atoms with Gasteiger partial charge in [-0.15, -0.1) is 0 Å². The summed E-state index contributed by atoms with van der Waals surface area (Å²) in [5.74, 6) is -10.1. The zero-order valence-corrected chi connectivity index (χ0v) is 82.8. The van der Waals surface area contributed by atoms with Gasteiger partial charge in [-0.05, 0) is 185 Å². The summed E-state index contributed by atoms with van der Waals surface area (Å²) in [6.45, 7) is 37.8. The molecule has 0 amide bonds. The standard InChI is InChI=1S/2C26H30O6.2C25H28O6.4C2H6/c2*1-26(2,3)32-23(27)14-13-17(25(29)30-4)15-24(28)31-16-22-20-11-7-5-9-18(20)19-10-6-8-12-21(19)22;2*1-25(2,3)31-23(27)14-16(24(28)29-4)13-22(26)30-15-21-19-11-7-5-9-17(19)18-10-6-8-12-20(18)21;4*1-2/h2*5-12,17,22H,13-16H2,1-4H3;2*5-12,16,21H,13-15H2,1-4H3;4*1-2H3/t2*17-;2*16-;;;;/m1010..../s1. The molecule has 0 aromatic heterocycles. The molecule has 0 bridgehead atoms. The van der Waals surface area contributed by atoms with Crippen LogP contribution >= 0.6 is 0 Å². The van der Waals surface area contributed by atoms with E-state index >= 15 is 0 Å². The number of fused-ring (bicyclic) bond motifs is 12. The van der Waals surface area contributed by atoms with E-state index in [0.717, 1.165) is 89.0 Å². The molecule has 0 N–H and O–H groups in total. The van der Waals surface area contributed by atoms with Crippen LogP contribution in [0.25, 0.3) is 44.5 Å². The lowest BCUT2D eigenvalue weighted by Gasteiger charge is -2.21. The lowest BCUT2D eigenvalue weighted by molar-refractivity contribution is -0.163. The van der Waals surface area contributed by atoms with Crippen molar-refractivity contribution in [1.29, 1.82) is 0 Å². The van der Waals surface area contributed by atoms with Crippen molar-refractivity contribution in [3.05, 3.63) is 239 Å². The molecule has 12 rings (SSSR count). The first kappa shape index (κ1) is 112. The molecule has 0 radical (unpaired) electrons. The number of hydrogen-bond donors (Lipinski definition) is 0. The third kappa shape index (κ3) is 34.1. The number of carbonyl (C=O) groups is 12. The second kappa shape index (κ2) is 54.5. The summed E-state index contributed by atoms with van der Waals surface area (Å²) in [5.41, 5.74) is 15.5. The molecule has 0 saturated heterocycles. The maximum absolute atomic E-state index is 12.6. The summed E-state index contributed by atoms with van der Waals surface area (Å²) in [6, 6.07) is 64.5. The van der Waals surface area contributed by atoms with Crippen molar-refractivity contribution in [2.75, 3.05) is 54.9 Å². The molecule has 24 heteroatoms. The van der Waals surface area contributed by atoms with Crippen LogP contribution in [0, 0.1) is 23.7 Å².